The van der Waals surface area contributed by atoms with Crippen molar-refractivity contribution < 1.29 is 5.21 Å². The molecule has 2 heteroatoms. The summed E-state index contributed by atoms with van der Waals surface area (Å²) in [6.45, 7) is 3.63. The molecule has 0 radical (unpaired) electrons. The van der Waals surface area contributed by atoms with E-state index < -0.39 is 0 Å². The van der Waals surface area contributed by atoms with E-state index in [4.69, 9.17) is 5.21 Å². The van der Waals surface area contributed by atoms with E-state index in [0.717, 1.165) is 19.3 Å². The summed E-state index contributed by atoms with van der Waals surface area (Å²) in [6, 6.07) is 0. The number of hydrogen-bond acceptors (Lipinski definition) is 2. The first kappa shape index (κ1) is 9.21. The van der Waals surface area contributed by atoms with E-state index in [1.165, 1.54) is 19.1 Å². The highest BCUT2D eigenvalue weighted by atomic mass is 16.4. The lowest BCUT2D eigenvalue weighted by Gasteiger charge is -1.92. The molecule has 0 unspecified atom stereocenters. The van der Waals surface area contributed by atoms with Crippen molar-refractivity contribution in [3.8, 4) is 0 Å². The zero-order valence-electron chi connectivity index (χ0n) is 6.29. The highest BCUT2D eigenvalue weighted by molar-refractivity contribution is 5.55. The maximum atomic E-state index is 8.02. The summed E-state index contributed by atoms with van der Waals surface area (Å²) in [6.07, 6.45) is 8.94. The predicted molar refractivity (Wildman–Crippen MR) is 43.6 cm³/mol. The summed E-state index contributed by atoms with van der Waals surface area (Å²) in [5.41, 5.74) is 0. The van der Waals surface area contributed by atoms with E-state index in [-0.39, 0.29) is 0 Å². The molecule has 0 aromatic heterocycles. The first-order chi connectivity index (χ1) is 4.91. The van der Waals surface area contributed by atoms with Crippen LogP contribution in [0.3, 0.4) is 0 Å². The van der Waals surface area contributed by atoms with Crippen LogP contribution in [0, 0.1) is 0 Å². The van der Waals surface area contributed by atoms with Gasteiger partial charge in [0.2, 0.25) is 0 Å². The molecule has 0 rings (SSSR count). The third kappa shape index (κ3) is 7.21. The van der Waals surface area contributed by atoms with Gasteiger partial charge in [-0.15, -0.1) is 11.7 Å². The van der Waals surface area contributed by atoms with Crippen LogP contribution in [0.4, 0.5) is 0 Å². The van der Waals surface area contributed by atoms with Gasteiger partial charge in [0.25, 0.3) is 0 Å². The number of nitrogens with zero attached hydrogens (tertiary/aromatic N) is 1. The van der Waals surface area contributed by atoms with Crippen LogP contribution in [0.2, 0.25) is 0 Å². The van der Waals surface area contributed by atoms with E-state index in [2.05, 4.69) is 11.7 Å². The molecule has 0 heterocycles. The van der Waals surface area contributed by atoms with Gasteiger partial charge in [-0.3, -0.25) is 0 Å². The number of oxime groups is 1. The van der Waals surface area contributed by atoms with E-state index in [0.29, 0.717) is 0 Å². The van der Waals surface area contributed by atoms with Crippen LogP contribution >= 0.6 is 0 Å². The third-order valence-corrected chi connectivity index (χ3v) is 1.32. The molecule has 0 aliphatic carbocycles. The predicted octanol–water partition coefficient (Wildman–Crippen LogP) is 2.58. The molecule has 10 heavy (non-hydrogen) atoms. The van der Waals surface area contributed by atoms with Crippen LogP contribution in [-0.4, -0.2) is 11.4 Å². The Kier molecular flexibility index (Phi) is 7.56. The van der Waals surface area contributed by atoms with Crippen LogP contribution in [0.15, 0.2) is 17.8 Å². The molecule has 0 aromatic carbocycles. The molecule has 0 saturated carbocycles. The van der Waals surface area contributed by atoms with Gasteiger partial charge in [-0.1, -0.05) is 12.5 Å². The highest BCUT2D eigenvalue weighted by Gasteiger charge is 1.84. The van der Waals surface area contributed by atoms with Crippen LogP contribution in [-0.2, 0) is 0 Å². The van der Waals surface area contributed by atoms with Crippen molar-refractivity contribution >= 4 is 6.21 Å². The molecule has 0 fully saturated rings. The zero-order chi connectivity index (χ0) is 7.66. The molecular weight excluding hydrogens is 126 g/mol. The molecule has 0 atom stereocenters. The SMILES string of the molecule is C=CCCCCCC=NO. The Morgan fingerprint density at radius 1 is 1.20 bits per heavy atom. The second-order valence-corrected chi connectivity index (χ2v) is 2.22. The van der Waals surface area contributed by atoms with Crippen molar-refractivity contribution in [2.75, 3.05) is 0 Å². The Balaban J connectivity index is 2.83. The van der Waals surface area contributed by atoms with Crippen LogP contribution in [0.1, 0.15) is 32.1 Å². The van der Waals surface area contributed by atoms with Crippen LogP contribution < -0.4 is 0 Å². The number of hydrogen-bond donors (Lipinski definition) is 1. The molecular formula is C8H15NO. The van der Waals surface area contributed by atoms with Gasteiger partial charge in [-0.2, -0.15) is 0 Å². The summed E-state index contributed by atoms with van der Waals surface area (Å²) in [5.74, 6) is 0. The third-order valence-electron chi connectivity index (χ3n) is 1.32. The molecule has 0 saturated heterocycles. The van der Waals surface area contributed by atoms with Crippen molar-refractivity contribution in [1.82, 2.24) is 0 Å². The van der Waals surface area contributed by atoms with Gasteiger partial charge >= 0.3 is 0 Å². The fraction of sp³-hybridized carbons (Fsp3) is 0.625. The Morgan fingerprint density at radius 2 is 1.90 bits per heavy atom. The summed E-state index contributed by atoms with van der Waals surface area (Å²) in [4.78, 5) is 0. The molecule has 0 aliphatic heterocycles. The summed E-state index contributed by atoms with van der Waals surface area (Å²) < 4.78 is 0. The van der Waals surface area contributed by atoms with Gasteiger partial charge in [0.1, 0.15) is 0 Å². The molecule has 58 valence electrons. The highest BCUT2D eigenvalue weighted by Crippen LogP contribution is 2.01. The lowest BCUT2D eigenvalue weighted by molar-refractivity contribution is 0.320. The first-order valence-corrected chi connectivity index (χ1v) is 3.68. The average Bonchev–Trinajstić information content (AvgIpc) is 1.97. The second kappa shape index (κ2) is 8.21. The average molecular weight is 141 g/mol. The Morgan fingerprint density at radius 3 is 2.50 bits per heavy atom. The Labute approximate surface area is 62.2 Å². The van der Waals surface area contributed by atoms with E-state index >= 15 is 0 Å². The van der Waals surface area contributed by atoms with Crippen molar-refractivity contribution in [3.63, 3.8) is 0 Å². The van der Waals surface area contributed by atoms with Crippen LogP contribution in [0.25, 0.3) is 0 Å². The maximum absolute atomic E-state index is 8.02. The largest absolute Gasteiger partial charge is 0.411 e. The fourth-order valence-corrected chi connectivity index (χ4v) is 0.759. The van der Waals surface area contributed by atoms with Gasteiger partial charge in [0.15, 0.2) is 0 Å². The summed E-state index contributed by atoms with van der Waals surface area (Å²) >= 11 is 0. The normalized spacial score (nSPS) is 10.4. The number of unbranched alkanes of at least 4 members (excludes halogenated alkanes) is 4. The fourth-order valence-electron chi connectivity index (χ4n) is 0.759. The van der Waals surface area contributed by atoms with Crippen LogP contribution in [0.5, 0.6) is 0 Å². The van der Waals surface area contributed by atoms with Crippen molar-refractivity contribution in [3.05, 3.63) is 12.7 Å². The quantitative estimate of drug-likeness (QED) is 0.199. The lowest BCUT2D eigenvalue weighted by atomic mass is 10.1. The Hall–Kier alpha value is -0.790. The summed E-state index contributed by atoms with van der Waals surface area (Å²) in [5, 5.41) is 10.9. The molecule has 0 aromatic rings. The summed E-state index contributed by atoms with van der Waals surface area (Å²) in [7, 11) is 0. The number of rotatable bonds is 6. The maximum Gasteiger partial charge on any atom is 0.0435 e. The molecule has 0 spiro atoms. The smallest absolute Gasteiger partial charge is 0.0435 e. The second-order valence-electron chi connectivity index (χ2n) is 2.22. The minimum atomic E-state index is 0.883. The monoisotopic (exact) mass is 141 g/mol. The van der Waals surface area contributed by atoms with E-state index in [1.807, 2.05) is 6.08 Å². The van der Waals surface area contributed by atoms with Gasteiger partial charge in [-0.25, -0.2) is 0 Å². The zero-order valence-corrected chi connectivity index (χ0v) is 6.29. The minimum absolute atomic E-state index is 0.883. The van der Waals surface area contributed by atoms with Crippen molar-refractivity contribution in [1.29, 1.82) is 0 Å². The van der Waals surface area contributed by atoms with Gasteiger partial charge < -0.3 is 5.21 Å². The molecule has 0 amide bonds. The Bertz CT molecular complexity index is 99.4. The van der Waals surface area contributed by atoms with E-state index in [1.54, 1.807) is 0 Å². The topological polar surface area (TPSA) is 32.6 Å². The van der Waals surface area contributed by atoms with E-state index in [9.17, 15) is 0 Å². The molecule has 1 N–H and O–H groups in total. The lowest BCUT2D eigenvalue weighted by Crippen LogP contribution is -1.78. The van der Waals surface area contributed by atoms with Gasteiger partial charge in [0.05, 0.1) is 0 Å². The van der Waals surface area contributed by atoms with Crippen molar-refractivity contribution in [2.24, 2.45) is 5.16 Å². The molecule has 0 bridgehead atoms. The van der Waals surface area contributed by atoms with Gasteiger partial charge in [-0.05, 0) is 25.7 Å². The number of allylic oxidation sites excluding steroid dienone is 1. The van der Waals surface area contributed by atoms with Crippen molar-refractivity contribution in [2.45, 2.75) is 32.1 Å². The molecule has 0 aliphatic rings. The van der Waals surface area contributed by atoms with Gasteiger partial charge in [0, 0.05) is 6.21 Å². The minimum Gasteiger partial charge on any atom is -0.411 e. The first-order valence-electron chi connectivity index (χ1n) is 3.68. The standard InChI is InChI=1S/C8H15NO/c1-2-3-4-5-6-7-8-9-10/h2,8,10H,1,3-7H2. The molecule has 2 nitrogen and oxygen atoms in total.